The molecule has 1 amide bonds. The van der Waals surface area contributed by atoms with Crippen LogP contribution in [-0.2, 0) is 21.0 Å². The Labute approximate surface area is 162 Å². The summed E-state index contributed by atoms with van der Waals surface area (Å²) < 4.78 is 79.2. The molecule has 1 aromatic rings. The van der Waals surface area contributed by atoms with Crippen LogP contribution in [0.5, 0.6) is 0 Å². The van der Waals surface area contributed by atoms with Crippen molar-refractivity contribution in [2.24, 2.45) is 5.92 Å². The third-order valence-electron chi connectivity index (χ3n) is 4.88. The molecule has 0 spiro atoms. The number of hydrogen-bond donors (Lipinski definition) is 1. The van der Waals surface area contributed by atoms with E-state index in [2.05, 4.69) is 5.32 Å². The number of rotatable bonds is 6. The number of nitrogens with zero attached hydrogens (tertiary/aromatic N) is 1. The monoisotopic (exact) mass is 424 g/mol. The van der Waals surface area contributed by atoms with Gasteiger partial charge in [0, 0.05) is 19.1 Å². The van der Waals surface area contributed by atoms with Crippen LogP contribution < -0.4 is 5.32 Å². The summed E-state index contributed by atoms with van der Waals surface area (Å²) in [6.07, 6.45) is -2.42. The largest absolute Gasteiger partial charge is 0.419 e. The highest BCUT2D eigenvalue weighted by atomic mass is 32.2. The third kappa shape index (κ3) is 5.02. The number of carbonyl (C=O) groups is 1. The number of alkyl halides is 3. The molecular weight excluding hydrogens is 400 g/mol. The second-order valence-electron chi connectivity index (χ2n) is 6.98. The minimum atomic E-state index is -5.01. The minimum absolute atomic E-state index is 0.125. The van der Waals surface area contributed by atoms with Gasteiger partial charge in [0.2, 0.25) is 15.9 Å². The minimum Gasteiger partial charge on any atom is -0.356 e. The maximum absolute atomic E-state index is 13.5. The third-order valence-corrected chi connectivity index (χ3v) is 6.85. The topological polar surface area (TPSA) is 66.5 Å². The lowest BCUT2D eigenvalue weighted by Gasteiger charge is -2.36. The standard InChI is InChI=1S/C18H24F4N2O3S/c1-3-4-9-23-17(25)13-6-5-12(2)24(11-13)28(26,27)14-7-8-16(19)15(10-14)18(20,21)22/h7-8,10,12-13H,3-6,9,11H2,1-2H3,(H,23,25). The Morgan fingerprint density at radius 1 is 1.29 bits per heavy atom. The quantitative estimate of drug-likeness (QED) is 0.561. The normalized spacial score (nSPS) is 21.5. The Hall–Kier alpha value is -1.68. The summed E-state index contributed by atoms with van der Waals surface area (Å²) in [5.41, 5.74) is -1.63. The van der Waals surface area contributed by atoms with Gasteiger partial charge in [-0.2, -0.15) is 17.5 Å². The molecule has 0 radical (unpaired) electrons. The van der Waals surface area contributed by atoms with Crippen molar-refractivity contribution in [1.82, 2.24) is 9.62 Å². The number of carbonyl (C=O) groups excluding carboxylic acids is 1. The van der Waals surface area contributed by atoms with Gasteiger partial charge in [-0.15, -0.1) is 0 Å². The Bertz CT molecular complexity index is 812. The molecule has 10 heteroatoms. The molecule has 0 aromatic heterocycles. The molecule has 1 heterocycles. The van der Waals surface area contributed by atoms with Gasteiger partial charge in [0.25, 0.3) is 0 Å². The van der Waals surface area contributed by atoms with Gasteiger partial charge >= 0.3 is 6.18 Å². The van der Waals surface area contributed by atoms with E-state index in [1.54, 1.807) is 6.92 Å². The Morgan fingerprint density at radius 3 is 2.57 bits per heavy atom. The van der Waals surface area contributed by atoms with Crippen molar-refractivity contribution in [3.05, 3.63) is 29.6 Å². The van der Waals surface area contributed by atoms with E-state index in [0.29, 0.717) is 31.5 Å². The van der Waals surface area contributed by atoms with Crippen LogP contribution in [0.25, 0.3) is 0 Å². The molecular formula is C18H24F4N2O3S. The number of hydrogen-bond acceptors (Lipinski definition) is 3. The van der Waals surface area contributed by atoms with Crippen molar-refractivity contribution in [1.29, 1.82) is 0 Å². The molecule has 0 bridgehead atoms. The van der Waals surface area contributed by atoms with Gasteiger partial charge in [-0.25, -0.2) is 12.8 Å². The molecule has 1 aliphatic heterocycles. The van der Waals surface area contributed by atoms with Crippen molar-refractivity contribution < 1.29 is 30.8 Å². The first kappa shape index (κ1) is 22.6. The van der Waals surface area contributed by atoms with Crippen molar-refractivity contribution >= 4 is 15.9 Å². The zero-order chi connectivity index (χ0) is 21.1. The van der Waals surface area contributed by atoms with E-state index in [9.17, 15) is 30.8 Å². The van der Waals surface area contributed by atoms with E-state index in [-0.39, 0.29) is 12.5 Å². The van der Waals surface area contributed by atoms with Crippen molar-refractivity contribution in [2.75, 3.05) is 13.1 Å². The van der Waals surface area contributed by atoms with E-state index in [1.165, 1.54) is 0 Å². The predicted molar refractivity (Wildman–Crippen MR) is 95.4 cm³/mol. The molecule has 2 unspecified atom stereocenters. The van der Waals surface area contributed by atoms with Gasteiger partial charge in [-0.1, -0.05) is 13.3 Å². The molecule has 1 fully saturated rings. The molecule has 0 aliphatic carbocycles. The molecule has 2 rings (SSSR count). The van der Waals surface area contributed by atoms with Crippen molar-refractivity contribution in [3.8, 4) is 0 Å². The smallest absolute Gasteiger partial charge is 0.356 e. The van der Waals surface area contributed by atoms with Gasteiger partial charge < -0.3 is 5.32 Å². The average Bonchev–Trinajstić information content (AvgIpc) is 2.61. The SMILES string of the molecule is CCCCNC(=O)C1CCC(C)N(S(=O)(=O)c2ccc(F)c(C(F)(F)F)c2)C1. The number of benzene rings is 1. The molecule has 1 N–H and O–H groups in total. The van der Waals surface area contributed by atoms with Gasteiger partial charge in [-0.05, 0) is 44.4 Å². The first-order valence-corrected chi connectivity index (χ1v) is 10.6. The van der Waals surface area contributed by atoms with Crippen LogP contribution in [0.15, 0.2) is 23.1 Å². The first-order valence-electron chi connectivity index (χ1n) is 9.14. The molecule has 2 atom stereocenters. The molecule has 28 heavy (non-hydrogen) atoms. The number of amides is 1. The number of piperidine rings is 1. The van der Waals surface area contributed by atoms with Crippen molar-refractivity contribution in [3.63, 3.8) is 0 Å². The Kier molecular flexibility index (Phi) is 7.08. The zero-order valence-electron chi connectivity index (χ0n) is 15.7. The summed E-state index contributed by atoms with van der Waals surface area (Å²) in [5.74, 6) is -2.38. The Morgan fingerprint density at radius 2 is 1.96 bits per heavy atom. The molecule has 1 saturated heterocycles. The van der Waals surface area contributed by atoms with Crippen LogP contribution in [0.1, 0.15) is 45.1 Å². The van der Waals surface area contributed by atoms with Crippen LogP contribution in [0.4, 0.5) is 17.6 Å². The summed E-state index contributed by atoms with van der Waals surface area (Å²) in [4.78, 5) is 11.6. The molecule has 0 saturated carbocycles. The highest BCUT2D eigenvalue weighted by Crippen LogP contribution is 2.35. The van der Waals surface area contributed by atoms with Crippen LogP contribution in [0.2, 0.25) is 0 Å². The van der Waals surface area contributed by atoms with E-state index >= 15 is 0 Å². The van der Waals surface area contributed by atoms with Crippen LogP contribution >= 0.6 is 0 Å². The predicted octanol–water partition coefficient (Wildman–Crippen LogP) is 3.55. The summed E-state index contributed by atoms with van der Waals surface area (Å²) in [6, 6.07) is 1.14. The van der Waals surface area contributed by atoms with E-state index in [0.717, 1.165) is 23.2 Å². The fourth-order valence-corrected chi connectivity index (χ4v) is 4.91. The summed E-state index contributed by atoms with van der Waals surface area (Å²) in [5, 5.41) is 2.76. The average molecular weight is 424 g/mol. The number of unbranched alkanes of at least 4 members (excludes halogenated alkanes) is 1. The van der Waals surface area contributed by atoms with Crippen LogP contribution in [-0.4, -0.2) is 37.8 Å². The molecule has 1 aromatic carbocycles. The highest BCUT2D eigenvalue weighted by Gasteiger charge is 2.40. The second kappa shape index (κ2) is 8.77. The van der Waals surface area contributed by atoms with Gasteiger partial charge in [0.1, 0.15) is 5.82 Å². The molecule has 5 nitrogen and oxygen atoms in total. The van der Waals surface area contributed by atoms with Crippen molar-refractivity contribution in [2.45, 2.75) is 56.6 Å². The summed E-state index contributed by atoms with van der Waals surface area (Å²) >= 11 is 0. The highest BCUT2D eigenvalue weighted by molar-refractivity contribution is 7.89. The van der Waals surface area contributed by atoms with E-state index in [4.69, 9.17) is 0 Å². The first-order chi connectivity index (χ1) is 13.0. The molecule has 158 valence electrons. The number of halogens is 4. The van der Waals surface area contributed by atoms with Gasteiger partial charge in [-0.3, -0.25) is 4.79 Å². The second-order valence-corrected chi connectivity index (χ2v) is 8.87. The fourth-order valence-electron chi connectivity index (χ4n) is 3.17. The Balaban J connectivity index is 2.27. The lowest BCUT2D eigenvalue weighted by Crippen LogP contribution is -2.49. The van der Waals surface area contributed by atoms with Crippen LogP contribution in [0, 0.1) is 11.7 Å². The maximum atomic E-state index is 13.5. The lowest BCUT2D eigenvalue weighted by molar-refractivity contribution is -0.140. The lowest BCUT2D eigenvalue weighted by atomic mass is 9.94. The summed E-state index contributed by atoms with van der Waals surface area (Å²) in [6.45, 7) is 3.97. The molecule has 1 aliphatic rings. The van der Waals surface area contributed by atoms with Gasteiger partial charge in [0.15, 0.2) is 0 Å². The number of nitrogens with one attached hydrogen (secondary N) is 1. The maximum Gasteiger partial charge on any atom is 0.419 e. The summed E-state index contributed by atoms with van der Waals surface area (Å²) in [7, 11) is -4.32. The fraction of sp³-hybridized carbons (Fsp3) is 0.611. The van der Waals surface area contributed by atoms with E-state index < -0.39 is 44.4 Å². The van der Waals surface area contributed by atoms with Gasteiger partial charge in [0.05, 0.1) is 16.4 Å². The zero-order valence-corrected chi connectivity index (χ0v) is 16.5. The van der Waals surface area contributed by atoms with E-state index in [1.807, 2.05) is 6.92 Å². The van der Waals surface area contributed by atoms with Crippen LogP contribution in [0.3, 0.4) is 0 Å². The number of sulfonamides is 1.